The average molecular weight is 344 g/mol. The van der Waals surface area contributed by atoms with Crippen LogP contribution in [0.15, 0.2) is 12.4 Å². The van der Waals surface area contributed by atoms with E-state index in [9.17, 15) is 13.2 Å². The van der Waals surface area contributed by atoms with Crippen molar-refractivity contribution in [2.24, 2.45) is 0 Å². The van der Waals surface area contributed by atoms with Gasteiger partial charge < -0.3 is 14.6 Å². The van der Waals surface area contributed by atoms with Crippen molar-refractivity contribution in [3.8, 4) is 0 Å². The van der Waals surface area contributed by atoms with Crippen LogP contribution in [-0.4, -0.2) is 60.2 Å². The summed E-state index contributed by atoms with van der Waals surface area (Å²) in [5, 5.41) is 2.80. The third kappa shape index (κ3) is 5.02. The van der Waals surface area contributed by atoms with E-state index in [0.29, 0.717) is 13.2 Å². The summed E-state index contributed by atoms with van der Waals surface area (Å²) in [6, 6.07) is -0.450. The molecule has 1 aliphatic rings. The monoisotopic (exact) mass is 344 g/mol. The molecule has 2 heterocycles. The van der Waals surface area contributed by atoms with Crippen molar-refractivity contribution in [3.63, 3.8) is 0 Å². The summed E-state index contributed by atoms with van der Waals surface area (Å²) < 4.78 is 32.2. The fraction of sp³-hybridized carbons (Fsp3) is 0.714. The SMILES string of the molecule is CCCn1ccnc1CNC(=O)CC1COCCN1S(C)(=O)=O. The lowest BCUT2D eigenvalue weighted by atomic mass is 10.2. The Kier molecular flexibility index (Phi) is 6.14. The van der Waals surface area contributed by atoms with Crippen LogP contribution >= 0.6 is 0 Å². The number of amides is 1. The van der Waals surface area contributed by atoms with E-state index in [1.807, 2.05) is 10.8 Å². The summed E-state index contributed by atoms with van der Waals surface area (Å²) in [6.07, 6.45) is 5.81. The number of nitrogens with one attached hydrogen (secondary N) is 1. The largest absolute Gasteiger partial charge is 0.378 e. The molecule has 9 heteroatoms. The van der Waals surface area contributed by atoms with Gasteiger partial charge in [0.05, 0.1) is 32.1 Å². The Morgan fingerprint density at radius 2 is 2.30 bits per heavy atom. The molecule has 0 aliphatic carbocycles. The Morgan fingerprint density at radius 1 is 1.52 bits per heavy atom. The summed E-state index contributed by atoms with van der Waals surface area (Å²) in [4.78, 5) is 16.3. The molecule has 1 unspecified atom stereocenters. The number of carbonyl (C=O) groups is 1. The second-order valence-corrected chi connectivity index (χ2v) is 7.56. The molecule has 0 radical (unpaired) electrons. The molecule has 2 rings (SSSR count). The van der Waals surface area contributed by atoms with Gasteiger partial charge in [0.2, 0.25) is 15.9 Å². The molecule has 0 bridgehead atoms. The van der Waals surface area contributed by atoms with E-state index in [4.69, 9.17) is 4.74 Å². The van der Waals surface area contributed by atoms with Crippen LogP contribution in [0.25, 0.3) is 0 Å². The lowest BCUT2D eigenvalue weighted by molar-refractivity contribution is -0.123. The summed E-state index contributed by atoms with van der Waals surface area (Å²) in [6.45, 7) is 4.15. The zero-order valence-corrected chi connectivity index (χ0v) is 14.4. The van der Waals surface area contributed by atoms with Crippen molar-refractivity contribution in [1.29, 1.82) is 0 Å². The van der Waals surface area contributed by atoms with Gasteiger partial charge in [-0.2, -0.15) is 4.31 Å². The van der Waals surface area contributed by atoms with Crippen LogP contribution in [0.2, 0.25) is 0 Å². The van der Waals surface area contributed by atoms with Gasteiger partial charge in [0.25, 0.3) is 0 Å². The van der Waals surface area contributed by atoms with Gasteiger partial charge in [-0.05, 0) is 6.42 Å². The molecule has 0 spiro atoms. The highest BCUT2D eigenvalue weighted by molar-refractivity contribution is 7.88. The van der Waals surface area contributed by atoms with Gasteiger partial charge in [0.15, 0.2) is 0 Å². The highest BCUT2D eigenvalue weighted by Gasteiger charge is 2.31. The van der Waals surface area contributed by atoms with E-state index in [1.165, 1.54) is 4.31 Å². The van der Waals surface area contributed by atoms with Crippen LogP contribution < -0.4 is 5.32 Å². The Morgan fingerprint density at radius 3 is 3.00 bits per heavy atom. The van der Waals surface area contributed by atoms with Gasteiger partial charge in [-0.3, -0.25) is 4.79 Å². The molecule has 8 nitrogen and oxygen atoms in total. The maximum Gasteiger partial charge on any atom is 0.222 e. The first kappa shape index (κ1) is 17.9. The molecule has 1 aromatic heterocycles. The summed E-state index contributed by atoms with van der Waals surface area (Å²) in [7, 11) is -3.34. The zero-order chi connectivity index (χ0) is 16.9. The van der Waals surface area contributed by atoms with E-state index in [1.54, 1.807) is 6.20 Å². The lowest BCUT2D eigenvalue weighted by Crippen LogP contribution is -2.50. The molecule has 130 valence electrons. The fourth-order valence-electron chi connectivity index (χ4n) is 2.65. The number of rotatable bonds is 7. The average Bonchev–Trinajstić information content (AvgIpc) is 2.92. The lowest BCUT2D eigenvalue weighted by Gasteiger charge is -2.33. The van der Waals surface area contributed by atoms with Gasteiger partial charge in [-0.25, -0.2) is 13.4 Å². The van der Waals surface area contributed by atoms with Crippen molar-refractivity contribution in [2.45, 2.75) is 38.9 Å². The summed E-state index contributed by atoms with van der Waals surface area (Å²) in [5.41, 5.74) is 0. The van der Waals surface area contributed by atoms with E-state index in [-0.39, 0.29) is 25.5 Å². The predicted octanol–water partition coefficient (Wildman–Crippen LogP) is -0.0402. The number of hydrogen-bond donors (Lipinski definition) is 1. The zero-order valence-electron chi connectivity index (χ0n) is 13.6. The number of imidazole rings is 1. The molecule has 23 heavy (non-hydrogen) atoms. The van der Waals surface area contributed by atoms with Crippen LogP contribution in [0.5, 0.6) is 0 Å². The first-order valence-corrected chi connectivity index (χ1v) is 9.58. The number of sulfonamides is 1. The molecule has 0 aromatic carbocycles. The number of morpholine rings is 1. The number of hydrogen-bond acceptors (Lipinski definition) is 5. The molecule has 1 aliphatic heterocycles. The van der Waals surface area contributed by atoms with Gasteiger partial charge >= 0.3 is 0 Å². The highest BCUT2D eigenvalue weighted by Crippen LogP contribution is 2.14. The number of ether oxygens (including phenoxy) is 1. The van der Waals surface area contributed by atoms with Crippen molar-refractivity contribution < 1.29 is 17.9 Å². The van der Waals surface area contributed by atoms with Crippen LogP contribution in [0.3, 0.4) is 0 Å². The molecule has 1 amide bonds. The normalized spacial score (nSPS) is 19.7. The molecule has 1 aromatic rings. The maximum atomic E-state index is 12.1. The van der Waals surface area contributed by atoms with Crippen LogP contribution in [0.4, 0.5) is 0 Å². The Bertz CT molecular complexity index is 628. The van der Waals surface area contributed by atoms with Gasteiger partial charge in [-0.15, -0.1) is 0 Å². The molecule has 1 fully saturated rings. The standard InChI is InChI=1S/C14H24N4O4S/c1-3-5-17-6-4-15-13(17)10-16-14(19)9-12-11-22-8-7-18(12)23(2,20)21/h4,6,12H,3,5,7-11H2,1-2H3,(H,16,19). The van der Waals surface area contributed by atoms with Gasteiger partial charge in [0.1, 0.15) is 5.82 Å². The molecule has 0 saturated carbocycles. The second-order valence-electron chi connectivity index (χ2n) is 5.62. The minimum Gasteiger partial charge on any atom is -0.378 e. The van der Waals surface area contributed by atoms with Crippen molar-refractivity contribution in [1.82, 2.24) is 19.2 Å². The van der Waals surface area contributed by atoms with Gasteiger partial charge in [-0.1, -0.05) is 6.92 Å². The Balaban J connectivity index is 1.89. The first-order valence-electron chi connectivity index (χ1n) is 7.73. The van der Waals surface area contributed by atoms with E-state index in [2.05, 4.69) is 17.2 Å². The predicted molar refractivity (Wildman–Crippen MR) is 85.1 cm³/mol. The molecule has 1 atom stereocenters. The summed E-state index contributed by atoms with van der Waals surface area (Å²) >= 11 is 0. The van der Waals surface area contributed by atoms with E-state index < -0.39 is 16.1 Å². The third-order valence-corrected chi connectivity index (χ3v) is 5.06. The fourth-order valence-corrected chi connectivity index (χ4v) is 3.74. The van der Waals surface area contributed by atoms with Crippen LogP contribution in [0, 0.1) is 0 Å². The number of carbonyl (C=O) groups excluding carboxylic acids is 1. The molecular formula is C14H24N4O4S. The Hall–Kier alpha value is -1.45. The summed E-state index contributed by atoms with van der Waals surface area (Å²) in [5.74, 6) is 0.584. The number of aryl methyl sites for hydroxylation is 1. The van der Waals surface area contributed by atoms with E-state index in [0.717, 1.165) is 25.0 Å². The highest BCUT2D eigenvalue weighted by atomic mass is 32.2. The minimum atomic E-state index is -3.34. The maximum absolute atomic E-state index is 12.1. The molecular weight excluding hydrogens is 320 g/mol. The van der Waals surface area contributed by atoms with Crippen molar-refractivity contribution in [3.05, 3.63) is 18.2 Å². The number of aromatic nitrogens is 2. The van der Waals surface area contributed by atoms with Gasteiger partial charge in [0, 0.05) is 31.9 Å². The van der Waals surface area contributed by atoms with Crippen molar-refractivity contribution >= 4 is 15.9 Å². The Labute approximate surface area is 136 Å². The topological polar surface area (TPSA) is 93.5 Å². The van der Waals surface area contributed by atoms with E-state index >= 15 is 0 Å². The first-order chi connectivity index (χ1) is 10.9. The third-order valence-electron chi connectivity index (χ3n) is 3.73. The quantitative estimate of drug-likeness (QED) is 0.749. The molecule has 1 saturated heterocycles. The van der Waals surface area contributed by atoms with Crippen LogP contribution in [-0.2, 0) is 32.6 Å². The smallest absolute Gasteiger partial charge is 0.222 e. The minimum absolute atomic E-state index is 0.0849. The van der Waals surface area contributed by atoms with Crippen LogP contribution in [0.1, 0.15) is 25.6 Å². The van der Waals surface area contributed by atoms with Crippen molar-refractivity contribution in [2.75, 3.05) is 26.0 Å². The second kappa shape index (κ2) is 7.89. The number of nitrogens with zero attached hydrogens (tertiary/aromatic N) is 3. The molecule has 1 N–H and O–H groups in total.